The Morgan fingerprint density at radius 3 is 2.37 bits per heavy atom. The number of oxazole rings is 1. The molecule has 0 radical (unpaired) electrons. The van der Waals surface area contributed by atoms with Crippen molar-refractivity contribution in [2.45, 2.75) is 26.5 Å². The number of nitrogens with one attached hydrogen (secondary N) is 1. The number of aromatic nitrogens is 1. The Morgan fingerprint density at radius 2 is 1.73 bits per heavy atom. The first-order chi connectivity index (χ1) is 14.4. The predicted molar refractivity (Wildman–Crippen MR) is 104 cm³/mol. The standard InChI is InChI=1S/C22H20F2N2O4/c1-13(2)20(26-21(27)19-15(23)9-6-10-16(19)24)22(28)29-12-18-25-11-17(30-18)14-7-4-3-5-8-14/h3-11,13,20H,12H2,1-2H3,(H,26,27)/t20-/m0/s1. The fourth-order valence-electron chi connectivity index (χ4n) is 2.76. The predicted octanol–water partition coefficient (Wildman–Crippen LogP) is 4.12. The summed E-state index contributed by atoms with van der Waals surface area (Å²) in [6.07, 6.45) is 1.52. The van der Waals surface area contributed by atoms with Crippen molar-refractivity contribution < 1.29 is 27.5 Å². The molecule has 0 spiro atoms. The average molecular weight is 414 g/mol. The number of hydrogen-bond donors (Lipinski definition) is 1. The van der Waals surface area contributed by atoms with Crippen LogP contribution in [0.15, 0.2) is 59.1 Å². The largest absolute Gasteiger partial charge is 0.454 e. The number of carbonyl (C=O) groups is 2. The zero-order chi connectivity index (χ0) is 21.7. The molecule has 156 valence electrons. The summed E-state index contributed by atoms with van der Waals surface area (Å²) in [5, 5.41) is 2.34. The molecule has 0 aliphatic rings. The monoisotopic (exact) mass is 414 g/mol. The Morgan fingerprint density at radius 1 is 1.07 bits per heavy atom. The summed E-state index contributed by atoms with van der Waals surface area (Å²) in [5.41, 5.74) is 0.0676. The molecule has 0 fully saturated rings. The number of amides is 1. The van der Waals surface area contributed by atoms with E-state index in [2.05, 4.69) is 10.3 Å². The van der Waals surface area contributed by atoms with Gasteiger partial charge in [-0.3, -0.25) is 4.79 Å². The van der Waals surface area contributed by atoms with E-state index in [0.717, 1.165) is 23.8 Å². The second kappa shape index (κ2) is 9.30. The molecule has 0 saturated carbocycles. The van der Waals surface area contributed by atoms with Gasteiger partial charge in [-0.15, -0.1) is 0 Å². The van der Waals surface area contributed by atoms with E-state index in [-0.39, 0.29) is 18.4 Å². The summed E-state index contributed by atoms with van der Waals surface area (Å²) in [6, 6.07) is 11.2. The maximum absolute atomic E-state index is 13.8. The molecule has 6 nitrogen and oxygen atoms in total. The van der Waals surface area contributed by atoms with Gasteiger partial charge >= 0.3 is 5.97 Å². The first-order valence-corrected chi connectivity index (χ1v) is 9.28. The van der Waals surface area contributed by atoms with E-state index in [1.165, 1.54) is 6.20 Å². The lowest BCUT2D eigenvalue weighted by Crippen LogP contribution is -2.45. The molecule has 1 N–H and O–H groups in total. The maximum Gasteiger partial charge on any atom is 0.329 e. The molecule has 30 heavy (non-hydrogen) atoms. The number of nitrogens with zero attached hydrogens (tertiary/aromatic N) is 1. The first kappa shape index (κ1) is 21.2. The maximum atomic E-state index is 13.8. The van der Waals surface area contributed by atoms with Gasteiger partial charge in [-0.05, 0) is 18.1 Å². The van der Waals surface area contributed by atoms with Crippen LogP contribution in [0.25, 0.3) is 11.3 Å². The Bertz CT molecular complexity index is 1010. The van der Waals surface area contributed by atoms with Gasteiger partial charge in [0.1, 0.15) is 23.2 Å². The van der Waals surface area contributed by atoms with Gasteiger partial charge in [0.2, 0.25) is 5.89 Å². The van der Waals surface area contributed by atoms with E-state index in [0.29, 0.717) is 5.76 Å². The zero-order valence-corrected chi connectivity index (χ0v) is 16.4. The zero-order valence-electron chi connectivity index (χ0n) is 16.4. The number of carbonyl (C=O) groups excluding carboxylic acids is 2. The molecule has 0 saturated heterocycles. The van der Waals surface area contributed by atoms with Crippen molar-refractivity contribution in [1.82, 2.24) is 10.3 Å². The van der Waals surface area contributed by atoms with Crippen LogP contribution in [0, 0.1) is 17.6 Å². The number of rotatable bonds is 7. The minimum absolute atomic E-state index is 0.177. The Kier molecular flexibility index (Phi) is 6.56. The second-order valence-electron chi connectivity index (χ2n) is 6.88. The van der Waals surface area contributed by atoms with E-state index in [9.17, 15) is 18.4 Å². The van der Waals surface area contributed by atoms with E-state index < -0.39 is 35.1 Å². The van der Waals surface area contributed by atoms with Crippen molar-refractivity contribution in [3.63, 3.8) is 0 Å². The molecular formula is C22H20F2N2O4. The summed E-state index contributed by atoms with van der Waals surface area (Å²) in [4.78, 5) is 28.9. The quantitative estimate of drug-likeness (QED) is 0.589. The highest BCUT2D eigenvalue weighted by molar-refractivity contribution is 5.97. The SMILES string of the molecule is CC(C)[C@H](NC(=O)c1c(F)cccc1F)C(=O)OCc1ncc(-c2ccccc2)o1. The Balaban J connectivity index is 1.65. The molecule has 0 unspecified atom stereocenters. The van der Waals surface area contributed by atoms with E-state index in [1.54, 1.807) is 13.8 Å². The number of hydrogen-bond acceptors (Lipinski definition) is 5. The fraction of sp³-hybridized carbons (Fsp3) is 0.227. The van der Waals surface area contributed by atoms with E-state index in [4.69, 9.17) is 9.15 Å². The van der Waals surface area contributed by atoms with Crippen molar-refractivity contribution in [3.05, 3.63) is 77.8 Å². The number of esters is 1. The van der Waals surface area contributed by atoms with Crippen LogP contribution in [0.1, 0.15) is 30.1 Å². The summed E-state index contributed by atoms with van der Waals surface area (Å²) in [6.45, 7) is 3.09. The number of benzene rings is 2. The molecule has 1 atom stereocenters. The van der Waals surface area contributed by atoms with Crippen molar-refractivity contribution in [2.24, 2.45) is 5.92 Å². The van der Waals surface area contributed by atoms with Gasteiger partial charge in [-0.1, -0.05) is 50.2 Å². The summed E-state index contributed by atoms with van der Waals surface area (Å²) >= 11 is 0. The van der Waals surface area contributed by atoms with Gasteiger partial charge in [0, 0.05) is 5.56 Å². The molecule has 0 bridgehead atoms. The Hall–Kier alpha value is -3.55. The smallest absolute Gasteiger partial charge is 0.329 e. The van der Waals surface area contributed by atoms with Crippen molar-refractivity contribution in [1.29, 1.82) is 0 Å². The highest BCUT2D eigenvalue weighted by Crippen LogP contribution is 2.20. The third kappa shape index (κ3) is 4.89. The second-order valence-corrected chi connectivity index (χ2v) is 6.88. The van der Waals surface area contributed by atoms with Gasteiger partial charge in [0.05, 0.1) is 6.20 Å². The lowest BCUT2D eigenvalue weighted by atomic mass is 10.0. The van der Waals surface area contributed by atoms with Gasteiger partial charge in [-0.2, -0.15) is 0 Å². The van der Waals surface area contributed by atoms with Gasteiger partial charge in [0.15, 0.2) is 12.4 Å². The van der Waals surface area contributed by atoms with Gasteiger partial charge < -0.3 is 14.5 Å². The number of ether oxygens (including phenoxy) is 1. The molecule has 3 rings (SSSR count). The van der Waals surface area contributed by atoms with E-state index in [1.807, 2.05) is 30.3 Å². The van der Waals surface area contributed by atoms with Crippen molar-refractivity contribution in [2.75, 3.05) is 0 Å². The van der Waals surface area contributed by atoms with Gasteiger partial charge in [-0.25, -0.2) is 18.6 Å². The molecule has 3 aromatic rings. The van der Waals surface area contributed by atoms with Crippen molar-refractivity contribution >= 4 is 11.9 Å². The van der Waals surface area contributed by atoms with E-state index >= 15 is 0 Å². The summed E-state index contributed by atoms with van der Waals surface area (Å²) in [7, 11) is 0. The van der Waals surface area contributed by atoms with Crippen LogP contribution in [0.3, 0.4) is 0 Å². The molecule has 1 aromatic heterocycles. The van der Waals surface area contributed by atoms with Gasteiger partial charge in [0.25, 0.3) is 5.91 Å². The molecule has 1 amide bonds. The minimum Gasteiger partial charge on any atom is -0.454 e. The fourth-order valence-corrected chi connectivity index (χ4v) is 2.76. The highest BCUT2D eigenvalue weighted by Gasteiger charge is 2.28. The molecule has 0 aliphatic heterocycles. The summed E-state index contributed by atoms with van der Waals surface area (Å²) < 4.78 is 38.4. The van der Waals surface area contributed by atoms with Crippen LogP contribution >= 0.6 is 0 Å². The average Bonchev–Trinajstić information content (AvgIpc) is 3.19. The Labute approximate surface area is 171 Å². The minimum atomic E-state index is -1.11. The molecule has 0 aliphatic carbocycles. The molecule has 8 heteroatoms. The third-order valence-corrected chi connectivity index (χ3v) is 4.35. The molecular weight excluding hydrogens is 394 g/mol. The topological polar surface area (TPSA) is 81.4 Å². The van der Waals surface area contributed by atoms with Crippen LogP contribution in [0.5, 0.6) is 0 Å². The lowest BCUT2D eigenvalue weighted by Gasteiger charge is -2.20. The van der Waals surface area contributed by atoms with Crippen LogP contribution in [0.4, 0.5) is 8.78 Å². The summed E-state index contributed by atoms with van der Waals surface area (Å²) in [5.74, 6) is -3.53. The van der Waals surface area contributed by atoms with Crippen LogP contribution in [-0.4, -0.2) is 22.9 Å². The number of halogens is 2. The lowest BCUT2D eigenvalue weighted by molar-refractivity contribution is -0.149. The molecule has 2 aromatic carbocycles. The normalized spacial score (nSPS) is 11.9. The van der Waals surface area contributed by atoms with Crippen LogP contribution < -0.4 is 5.32 Å². The first-order valence-electron chi connectivity index (χ1n) is 9.28. The highest BCUT2D eigenvalue weighted by atomic mass is 19.1. The third-order valence-electron chi connectivity index (χ3n) is 4.35. The van der Waals surface area contributed by atoms with Crippen LogP contribution in [0.2, 0.25) is 0 Å². The molecule has 1 heterocycles. The van der Waals surface area contributed by atoms with Crippen LogP contribution in [-0.2, 0) is 16.1 Å². The van der Waals surface area contributed by atoms with Crippen molar-refractivity contribution in [3.8, 4) is 11.3 Å².